The Morgan fingerprint density at radius 2 is 1.75 bits per heavy atom. The normalized spacial score (nSPS) is 10.4. The molecule has 1 aromatic heterocycles. The number of hydrazine groups is 1. The maximum Gasteiger partial charge on any atom is 0.272 e. The van der Waals surface area contributed by atoms with Gasteiger partial charge in [-0.2, -0.15) is 0 Å². The minimum atomic E-state index is -0.505. The van der Waals surface area contributed by atoms with Crippen LogP contribution in [0.25, 0.3) is 0 Å². The van der Waals surface area contributed by atoms with E-state index in [2.05, 4.69) is 15.8 Å². The maximum atomic E-state index is 12.9. The molecule has 0 saturated heterocycles. The summed E-state index contributed by atoms with van der Waals surface area (Å²) in [6.45, 7) is 0. The summed E-state index contributed by atoms with van der Waals surface area (Å²) >= 11 is 7.42. The summed E-state index contributed by atoms with van der Waals surface area (Å²) in [7, 11) is 0. The van der Waals surface area contributed by atoms with Gasteiger partial charge < -0.3 is 0 Å². The van der Waals surface area contributed by atoms with E-state index in [-0.39, 0.29) is 12.2 Å². The zero-order valence-electron chi connectivity index (χ0n) is 14.5. The van der Waals surface area contributed by atoms with Gasteiger partial charge in [-0.3, -0.25) is 20.4 Å². The highest BCUT2D eigenvalue weighted by atomic mass is 35.5. The van der Waals surface area contributed by atoms with Crippen molar-refractivity contribution >= 4 is 35.2 Å². The Labute approximate surface area is 170 Å². The summed E-state index contributed by atoms with van der Waals surface area (Å²) in [5.41, 5.74) is 5.65. The summed E-state index contributed by atoms with van der Waals surface area (Å²) in [6, 6.07) is 16.0. The van der Waals surface area contributed by atoms with E-state index in [9.17, 15) is 14.0 Å². The molecule has 2 amide bonds. The molecule has 2 aromatic carbocycles. The van der Waals surface area contributed by atoms with Gasteiger partial charge in [0.2, 0.25) is 5.91 Å². The molecule has 0 aliphatic heterocycles. The van der Waals surface area contributed by atoms with E-state index in [1.54, 1.807) is 24.4 Å². The molecule has 3 aromatic rings. The Morgan fingerprint density at radius 3 is 2.50 bits per heavy atom. The lowest BCUT2D eigenvalue weighted by Crippen LogP contribution is -2.42. The van der Waals surface area contributed by atoms with Gasteiger partial charge in [0.15, 0.2) is 0 Å². The molecule has 0 bridgehead atoms. The topological polar surface area (TPSA) is 71.1 Å². The van der Waals surface area contributed by atoms with E-state index in [0.717, 1.165) is 4.90 Å². The minimum Gasteiger partial charge on any atom is -0.273 e. The Bertz CT molecular complexity index is 999. The van der Waals surface area contributed by atoms with Crippen molar-refractivity contribution in [1.82, 2.24) is 15.8 Å². The third kappa shape index (κ3) is 5.31. The number of nitrogens with one attached hydrogen (secondary N) is 2. The predicted octanol–water partition coefficient (Wildman–Crippen LogP) is 4.03. The molecule has 142 valence electrons. The van der Waals surface area contributed by atoms with Crippen molar-refractivity contribution in [3.8, 4) is 0 Å². The van der Waals surface area contributed by atoms with Crippen LogP contribution >= 0.6 is 23.4 Å². The van der Waals surface area contributed by atoms with Crippen molar-refractivity contribution in [1.29, 1.82) is 0 Å². The first kappa shape index (κ1) is 19.9. The van der Waals surface area contributed by atoms with E-state index >= 15 is 0 Å². The highest BCUT2D eigenvalue weighted by Gasteiger charge is 2.15. The van der Waals surface area contributed by atoms with Gasteiger partial charge in [0, 0.05) is 11.1 Å². The van der Waals surface area contributed by atoms with E-state index < -0.39 is 11.8 Å². The van der Waals surface area contributed by atoms with E-state index in [1.165, 1.54) is 36.0 Å². The van der Waals surface area contributed by atoms with Crippen molar-refractivity contribution in [3.05, 3.63) is 88.8 Å². The zero-order chi connectivity index (χ0) is 19.9. The van der Waals surface area contributed by atoms with Gasteiger partial charge in [0.05, 0.1) is 17.0 Å². The molecule has 28 heavy (non-hydrogen) atoms. The second-order valence-electron chi connectivity index (χ2n) is 5.69. The SMILES string of the molecule is O=C(Cc1ccc(F)cc1)NNC(=O)c1cccnc1Sc1ccccc1Cl. The molecule has 0 aliphatic rings. The molecule has 1 heterocycles. The number of halogens is 2. The molecule has 0 spiro atoms. The van der Waals surface area contributed by atoms with Crippen molar-refractivity contribution in [2.24, 2.45) is 0 Å². The molecule has 0 saturated carbocycles. The Kier molecular flexibility index (Phi) is 6.62. The van der Waals surface area contributed by atoms with Crippen molar-refractivity contribution in [3.63, 3.8) is 0 Å². The molecule has 2 N–H and O–H groups in total. The van der Waals surface area contributed by atoms with Crippen molar-refractivity contribution in [2.45, 2.75) is 16.3 Å². The van der Waals surface area contributed by atoms with Crippen LogP contribution in [0, 0.1) is 5.82 Å². The molecule has 0 unspecified atom stereocenters. The molecule has 8 heteroatoms. The van der Waals surface area contributed by atoms with Gasteiger partial charge in [0.25, 0.3) is 5.91 Å². The lowest BCUT2D eigenvalue weighted by molar-refractivity contribution is -0.121. The van der Waals surface area contributed by atoms with Crippen LogP contribution in [0.1, 0.15) is 15.9 Å². The maximum absolute atomic E-state index is 12.9. The number of carbonyl (C=O) groups excluding carboxylic acids is 2. The van der Waals surface area contributed by atoms with Crippen LogP contribution in [0.2, 0.25) is 5.02 Å². The third-order valence-electron chi connectivity index (χ3n) is 3.65. The van der Waals surface area contributed by atoms with Gasteiger partial charge in [-0.1, -0.05) is 47.6 Å². The Hall–Kier alpha value is -2.90. The fourth-order valence-corrected chi connectivity index (χ4v) is 3.46. The number of rotatable bonds is 5. The third-order valence-corrected chi connectivity index (χ3v) is 5.19. The number of benzene rings is 2. The summed E-state index contributed by atoms with van der Waals surface area (Å²) in [6.07, 6.45) is 1.58. The van der Waals surface area contributed by atoms with Crippen LogP contribution in [0.5, 0.6) is 0 Å². The molecular formula is C20H15ClFN3O2S. The van der Waals surface area contributed by atoms with Crippen molar-refractivity contribution in [2.75, 3.05) is 0 Å². The molecule has 0 fully saturated rings. The monoisotopic (exact) mass is 415 g/mol. The quantitative estimate of drug-likeness (QED) is 0.617. The number of aromatic nitrogens is 1. The molecule has 0 aliphatic carbocycles. The van der Waals surface area contributed by atoms with Gasteiger partial charge in [-0.15, -0.1) is 0 Å². The van der Waals surface area contributed by atoms with Crippen molar-refractivity contribution < 1.29 is 14.0 Å². The number of hydrogen-bond donors (Lipinski definition) is 2. The fraction of sp³-hybridized carbons (Fsp3) is 0.0500. The average molecular weight is 416 g/mol. The molecule has 0 radical (unpaired) electrons. The summed E-state index contributed by atoms with van der Waals surface area (Å²) in [5, 5.41) is 1.01. The van der Waals surface area contributed by atoms with Crippen LogP contribution < -0.4 is 10.9 Å². The second-order valence-corrected chi connectivity index (χ2v) is 7.13. The van der Waals surface area contributed by atoms with E-state index in [1.807, 2.05) is 18.2 Å². The number of hydrogen-bond acceptors (Lipinski definition) is 4. The van der Waals surface area contributed by atoms with Gasteiger partial charge in [-0.25, -0.2) is 9.37 Å². The number of carbonyl (C=O) groups is 2. The summed E-state index contributed by atoms with van der Waals surface area (Å²) < 4.78 is 12.9. The summed E-state index contributed by atoms with van der Waals surface area (Å²) in [5.74, 6) is -1.31. The molecular weight excluding hydrogens is 401 g/mol. The average Bonchev–Trinajstić information content (AvgIpc) is 2.70. The van der Waals surface area contributed by atoms with Crippen LogP contribution in [-0.4, -0.2) is 16.8 Å². The van der Waals surface area contributed by atoms with Crippen LogP contribution in [0.15, 0.2) is 76.8 Å². The molecule has 0 atom stereocenters. The largest absolute Gasteiger partial charge is 0.273 e. The Morgan fingerprint density at radius 1 is 1.00 bits per heavy atom. The summed E-state index contributed by atoms with van der Waals surface area (Å²) in [4.78, 5) is 29.5. The fourth-order valence-electron chi connectivity index (χ4n) is 2.30. The lowest BCUT2D eigenvalue weighted by atomic mass is 10.1. The number of pyridine rings is 1. The first-order valence-corrected chi connectivity index (χ1v) is 9.43. The predicted molar refractivity (Wildman–Crippen MR) is 106 cm³/mol. The first-order valence-electron chi connectivity index (χ1n) is 8.24. The zero-order valence-corrected chi connectivity index (χ0v) is 16.1. The lowest BCUT2D eigenvalue weighted by Gasteiger charge is -2.10. The highest BCUT2D eigenvalue weighted by Crippen LogP contribution is 2.33. The van der Waals surface area contributed by atoms with Crippen LogP contribution in [-0.2, 0) is 11.2 Å². The minimum absolute atomic E-state index is 0.00876. The van der Waals surface area contributed by atoms with Gasteiger partial charge in [0.1, 0.15) is 10.8 Å². The smallest absolute Gasteiger partial charge is 0.272 e. The van der Waals surface area contributed by atoms with Gasteiger partial charge in [-0.05, 0) is 42.0 Å². The second kappa shape index (κ2) is 9.34. The van der Waals surface area contributed by atoms with E-state index in [4.69, 9.17) is 11.6 Å². The number of amides is 2. The van der Waals surface area contributed by atoms with Crippen LogP contribution in [0.3, 0.4) is 0 Å². The van der Waals surface area contributed by atoms with E-state index in [0.29, 0.717) is 21.2 Å². The highest BCUT2D eigenvalue weighted by molar-refractivity contribution is 7.99. The van der Waals surface area contributed by atoms with Gasteiger partial charge >= 0.3 is 0 Å². The van der Waals surface area contributed by atoms with Crippen LogP contribution in [0.4, 0.5) is 4.39 Å². The standard InChI is InChI=1S/C20H15ClFN3O2S/c21-16-5-1-2-6-17(16)28-20-15(4-3-11-23-20)19(27)25-24-18(26)12-13-7-9-14(22)10-8-13/h1-11H,12H2,(H,24,26)(H,25,27). The first-order chi connectivity index (χ1) is 13.5. The Balaban J connectivity index is 1.63. The number of nitrogens with zero attached hydrogens (tertiary/aromatic N) is 1. The molecule has 5 nitrogen and oxygen atoms in total. The molecule has 3 rings (SSSR count).